The third kappa shape index (κ3) is 10.2. The molecular formula is C2H7FN4O2S. The number of halogens is 1. The lowest BCUT2D eigenvalue weighted by Gasteiger charge is -1.88. The number of primary sulfonamides is 1. The van der Waals surface area contributed by atoms with Crippen LogP contribution in [0.5, 0.6) is 0 Å². The van der Waals surface area contributed by atoms with Crippen LogP contribution >= 0.6 is 0 Å². The molecule has 0 aromatic rings. The molecule has 8 heteroatoms. The van der Waals surface area contributed by atoms with Crippen LogP contribution in [0, 0.1) is 0 Å². The SMILES string of the molecule is F.[N-]=[N+]=NCCS(N)(=O)=O. The van der Waals surface area contributed by atoms with Gasteiger partial charge in [0, 0.05) is 11.5 Å². The lowest BCUT2D eigenvalue weighted by molar-refractivity contribution is 0.597. The van der Waals surface area contributed by atoms with Gasteiger partial charge in [0.05, 0.1) is 5.75 Å². The predicted octanol–water partition coefficient (Wildman–Crippen LogP) is -0.262. The molecule has 0 aromatic carbocycles. The minimum atomic E-state index is -3.46. The predicted molar refractivity (Wildman–Crippen MR) is 34.5 cm³/mol. The van der Waals surface area contributed by atoms with Crippen molar-refractivity contribution in [2.75, 3.05) is 12.3 Å². The average molecular weight is 170 g/mol. The Hall–Kier alpha value is -0.850. The zero-order valence-electron chi connectivity index (χ0n) is 4.97. The van der Waals surface area contributed by atoms with Crippen LogP contribution in [-0.4, -0.2) is 20.7 Å². The van der Waals surface area contributed by atoms with E-state index in [1.54, 1.807) is 0 Å². The molecule has 0 radical (unpaired) electrons. The van der Waals surface area contributed by atoms with Crippen molar-refractivity contribution in [2.45, 2.75) is 0 Å². The van der Waals surface area contributed by atoms with Gasteiger partial charge < -0.3 is 0 Å². The molecule has 6 nitrogen and oxygen atoms in total. The van der Waals surface area contributed by atoms with Crippen molar-refractivity contribution in [3.05, 3.63) is 10.4 Å². The summed E-state index contributed by atoms with van der Waals surface area (Å²) in [4.78, 5) is 2.34. The number of rotatable bonds is 3. The van der Waals surface area contributed by atoms with Crippen LogP contribution < -0.4 is 5.14 Å². The Bertz CT molecular complexity index is 217. The molecule has 0 amide bonds. The van der Waals surface area contributed by atoms with Gasteiger partial charge in [0.1, 0.15) is 0 Å². The third-order valence-corrected chi connectivity index (χ3v) is 1.29. The van der Waals surface area contributed by atoms with Crippen LogP contribution in [0.3, 0.4) is 0 Å². The molecule has 0 rings (SSSR count). The first-order valence-electron chi connectivity index (χ1n) is 2.07. The van der Waals surface area contributed by atoms with Crippen molar-refractivity contribution in [2.24, 2.45) is 10.3 Å². The van der Waals surface area contributed by atoms with Crippen molar-refractivity contribution < 1.29 is 13.1 Å². The van der Waals surface area contributed by atoms with Gasteiger partial charge in [-0.15, -0.1) is 0 Å². The van der Waals surface area contributed by atoms with Crippen LogP contribution in [0.4, 0.5) is 4.70 Å². The van der Waals surface area contributed by atoms with Gasteiger partial charge in [-0.25, -0.2) is 13.6 Å². The summed E-state index contributed by atoms with van der Waals surface area (Å²) in [6, 6.07) is 0. The highest BCUT2D eigenvalue weighted by Crippen LogP contribution is 1.77. The van der Waals surface area contributed by atoms with Crippen molar-refractivity contribution in [3.63, 3.8) is 0 Å². The number of nitrogens with zero attached hydrogens (tertiary/aromatic N) is 3. The Kier molecular flexibility index (Phi) is 5.92. The van der Waals surface area contributed by atoms with E-state index in [0.717, 1.165) is 0 Å². The molecule has 0 saturated heterocycles. The molecule has 0 spiro atoms. The lowest BCUT2D eigenvalue weighted by Crippen LogP contribution is -2.17. The van der Waals surface area contributed by atoms with Gasteiger partial charge in [0.2, 0.25) is 10.0 Å². The van der Waals surface area contributed by atoms with Crippen molar-refractivity contribution in [3.8, 4) is 0 Å². The molecule has 10 heavy (non-hydrogen) atoms. The summed E-state index contributed by atoms with van der Waals surface area (Å²) in [7, 11) is -3.46. The average Bonchev–Trinajstić information content (AvgIpc) is 1.63. The summed E-state index contributed by atoms with van der Waals surface area (Å²) in [6.45, 7) is -0.102. The largest absolute Gasteiger partial charge is 0.269 e. The Morgan fingerprint density at radius 3 is 2.40 bits per heavy atom. The smallest absolute Gasteiger partial charge is 0.209 e. The van der Waals surface area contributed by atoms with E-state index in [1.807, 2.05) is 0 Å². The molecule has 0 heterocycles. The van der Waals surface area contributed by atoms with Crippen LogP contribution in [0.1, 0.15) is 0 Å². The molecule has 0 aliphatic rings. The number of sulfonamides is 1. The molecule has 0 aromatic heterocycles. The first-order chi connectivity index (χ1) is 4.06. The number of azide groups is 1. The van der Waals surface area contributed by atoms with E-state index in [4.69, 9.17) is 5.53 Å². The van der Waals surface area contributed by atoms with Crippen molar-refractivity contribution in [1.82, 2.24) is 0 Å². The van der Waals surface area contributed by atoms with Gasteiger partial charge in [-0.3, -0.25) is 4.70 Å². The van der Waals surface area contributed by atoms with Gasteiger partial charge in [-0.2, -0.15) is 0 Å². The van der Waals surface area contributed by atoms with Gasteiger partial charge in [0.15, 0.2) is 0 Å². The normalized spacial score (nSPS) is 9.30. The summed E-state index contributed by atoms with van der Waals surface area (Å²) in [6.07, 6.45) is 0. The maximum absolute atomic E-state index is 10.1. The van der Waals surface area contributed by atoms with Crippen LogP contribution in [0.25, 0.3) is 10.4 Å². The Labute approximate surface area is 57.1 Å². The number of nitrogens with two attached hydrogens (primary N) is 1. The Morgan fingerprint density at radius 2 is 2.10 bits per heavy atom. The third-order valence-electron chi connectivity index (χ3n) is 0.539. The fourth-order valence-electron chi connectivity index (χ4n) is 0.213. The van der Waals surface area contributed by atoms with Gasteiger partial charge in [-0.05, 0) is 5.53 Å². The molecule has 2 N–H and O–H groups in total. The van der Waals surface area contributed by atoms with E-state index < -0.39 is 10.0 Å². The standard InChI is InChI=1S/C2H6N4O2S.FH/c3-6-5-1-2-9(4,7)8;/h1-2H2,(H2,4,7,8);1H. The number of hydrogen-bond acceptors (Lipinski definition) is 3. The lowest BCUT2D eigenvalue weighted by atomic mass is 10.8. The Morgan fingerprint density at radius 1 is 1.60 bits per heavy atom. The fourth-order valence-corrected chi connectivity index (χ4v) is 0.549. The van der Waals surface area contributed by atoms with Gasteiger partial charge in [-0.1, -0.05) is 5.11 Å². The minimum absolute atomic E-state index is 0. The second-order valence-corrected chi connectivity index (χ2v) is 3.06. The van der Waals surface area contributed by atoms with Crippen LogP contribution in [0.2, 0.25) is 0 Å². The van der Waals surface area contributed by atoms with Gasteiger partial charge >= 0.3 is 0 Å². The van der Waals surface area contributed by atoms with E-state index >= 15 is 0 Å². The molecule has 0 aliphatic heterocycles. The maximum Gasteiger partial charge on any atom is 0.209 e. The zero-order valence-corrected chi connectivity index (χ0v) is 5.78. The monoisotopic (exact) mass is 170 g/mol. The molecular weight excluding hydrogens is 163 g/mol. The minimum Gasteiger partial charge on any atom is -0.269 e. The van der Waals surface area contributed by atoms with E-state index in [0.29, 0.717) is 0 Å². The highest BCUT2D eigenvalue weighted by molar-refractivity contribution is 7.89. The van der Waals surface area contributed by atoms with E-state index in [9.17, 15) is 8.42 Å². The molecule has 60 valence electrons. The second kappa shape index (κ2) is 4.98. The topological polar surface area (TPSA) is 109 Å². The summed E-state index contributed by atoms with van der Waals surface area (Å²) in [5.41, 5.74) is 7.69. The molecule has 0 aliphatic carbocycles. The molecule has 0 atom stereocenters. The fraction of sp³-hybridized carbons (Fsp3) is 1.00. The highest BCUT2D eigenvalue weighted by Gasteiger charge is 1.98. The van der Waals surface area contributed by atoms with Gasteiger partial charge in [0.25, 0.3) is 0 Å². The van der Waals surface area contributed by atoms with E-state index in [1.165, 1.54) is 0 Å². The quantitative estimate of drug-likeness (QED) is 0.357. The van der Waals surface area contributed by atoms with E-state index in [-0.39, 0.29) is 17.0 Å². The molecule has 0 unspecified atom stereocenters. The van der Waals surface area contributed by atoms with Crippen molar-refractivity contribution >= 4 is 10.0 Å². The first-order valence-corrected chi connectivity index (χ1v) is 3.79. The van der Waals surface area contributed by atoms with Crippen molar-refractivity contribution in [1.29, 1.82) is 0 Å². The van der Waals surface area contributed by atoms with E-state index in [2.05, 4.69) is 15.2 Å². The summed E-state index contributed by atoms with van der Waals surface area (Å²) in [5, 5.41) is 7.54. The highest BCUT2D eigenvalue weighted by atomic mass is 32.2. The Balaban J connectivity index is 0. The second-order valence-electron chi connectivity index (χ2n) is 1.32. The molecule has 0 saturated carbocycles. The summed E-state index contributed by atoms with van der Waals surface area (Å²) >= 11 is 0. The maximum atomic E-state index is 10.1. The number of hydrogen-bond donors (Lipinski definition) is 1. The summed E-state index contributed by atoms with van der Waals surface area (Å²) < 4.78 is 20.2. The molecule has 0 fully saturated rings. The summed E-state index contributed by atoms with van der Waals surface area (Å²) in [5.74, 6) is -0.295. The van der Waals surface area contributed by atoms with Crippen LogP contribution in [-0.2, 0) is 10.0 Å². The first kappa shape index (κ1) is 11.9. The zero-order chi connectivity index (χ0) is 7.33. The molecule has 0 bridgehead atoms. The van der Waals surface area contributed by atoms with Crippen LogP contribution in [0.15, 0.2) is 5.11 Å².